The van der Waals surface area contributed by atoms with E-state index in [1.54, 1.807) is 7.11 Å². The molecule has 1 fully saturated rings. The third kappa shape index (κ3) is 4.64. The predicted octanol–water partition coefficient (Wildman–Crippen LogP) is 5.28. The Balaban J connectivity index is 1.98. The Bertz CT molecular complexity index is 452. The van der Waals surface area contributed by atoms with Crippen LogP contribution in [0.15, 0.2) is 18.2 Å². The second kappa shape index (κ2) is 8.42. The van der Waals surface area contributed by atoms with Gasteiger partial charge in [-0.05, 0) is 49.8 Å². The maximum absolute atomic E-state index is 6.02. The normalized spacial score (nSPS) is 18.7. The molecule has 1 aromatic rings. The molecule has 1 aliphatic rings. The Hall–Kier alpha value is -1.22. The molecule has 0 amide bonds. The van der Waals surface area contributed by atoms with Crippen molar-refractivity contribution in [3.05, 3.63) is 23.8 Å². The second-order valence-electron chi connectivity index (χ2n) is 6.30. The Labute approximate surface area is 135 Å². The summed E-state index contributed by atoms with van der Waals surface area (Å²) in [6.07, 6.45) is 7.38. The molecule has 0 saturated heterocycles. The topological polar surface area (TPSA) is 27.7 Å². The van der Waals surface area contributed by atoms with Crippen LogP contribution in [0, 0.1) is 0 Å². The van der Waals surface area contributed by atoms with Crippen molar-refractivity contribution in [3.63, 3.8) is 0 Å². The molecule has 1 aromatic carbocycles. The first-order valence-electron chi connectivity index (χ1n) is 8.64. The molecule has 0 aliphatic heterocycles. The van der Waals surface area contributed by atoms with Crippen molar-refractivity contribution in [2.45, 2.75) is 77.6 Å². The minimum Gasteiger partial charge on any atom is -0.493 e. The van der Waals surface area contributed by atoms with E-state index in [9.17, 15) is 0 Å². The van der Waals surface area contributed by atoms with Gasteiger partial charge in [-0.15, -0.1) is 0 Å². The molecule has 2 unspecified atom stereocenters. The van der Waals surface area contributed by atoms with Gasteiger partial charge < -0.3 is 14.2 Å². The summed E-state index contributed by atoms with van der Waals surface area (Å²) in [4.78, 5) is 0. The van der Waals surface area contributed by atoms with Gasteiger partial charge in [0.05, 0.1) is 13.2 Å². The van der Waals surface area contributed by atoms with Crippen LogP contribution in [0.2, 0.25) is 0 Å². The van der Waals surface area contributed by atoms with Crippen molar-refractivity contribution in [2.75, 3.05) is 7.11 Å². The third-order valence-corrected chi connectivity index (χ3v) is 4.60. The molecule has 0 radical (unpaired) electrons. The first kappa shape index (κ1) is 17.1. The average Bonchev–Trinajstić information content (AvgIpc) is 2.55. The Morgan fingerprint density at radius 2 is 1.82 bits per heavy atom. The van der Waals surface area contributed by atoms with Crippen LogP contribution in [0.4, 0.5) is 0 Å². The van der Waals surface area contributed by atoms with Crippen molar-refractivity contribution in [1.29, 1.82) is 0 Å². The SMILES string of the molecule is CCC(C)c1ccc(OC(C)OC2CCCCC2)c(OC)c1. The molecular formula is C19H30O3. The van der Waals surface area contributed by atoms with E-state index in [1.807, 2.05) is 13.0 Å². The van der Waals surface area contributed by atoms with E-state index in [1.165, 1.54) is 24.8 Å². The van der Waals surface area contributed by atoms with Crippen molar-refractivity contribution in [1.82, 2.24) is 0 Å². The molecule has 2 atom stereocenters. The van der Waals surface area contributed by atoms with Gasteiger partial charge in [0.2, 0.25) is 0 Å². The molecule has 0 N–H and O–H groups in total. The molecule has 0 aromatic heterocycles. The largest absolute Gasteiger partial charge is 0.493 e. The lowest BCUT2D eigenvalue weighted by atomic mass is 9.98. The maximum Gasteiger partial charge on any atom is 0.197 e. The van der Waals surface area contributed by atoms with Crippen LogP contribution in [0.5, 0.6) is 11.5 Å². The first-order chi connectivity index (χ1) is 10.6. The first-order valence-corrected chi connectivity index (χ1v) is 8.64. The fourth-order valence-corrected chi connectivity index (χ4v) is 3.00. The van der Waals surface area contributed by atoms with Gasteiger partial charge in [-0.1, -0.05) is 39.2 Å². The summed E-state index contributed by atoms with van der Waals surface area (Å²) in [6, 6.07) is 6.21. The fourth-order valence-electron chi connectivity index (χ4n) is 3.00. The second-order valence-corrected chi connectivity index (χ2v) is 6.30. The molecular weight excluding hydrogens is 276 g/mol. The van der Waals surface area contributed by atoms with Crippen molar-refractivity contribution >= 4 is 0 Å². The molecule has 3 heteroatoms. The molecule has 0 heterocycles. The number of rotatable bonds is 7. The number of ether oxygens (including phenoxy) is 3. The Morgan fingerprint density at radius 3 is 2.45 bits per heavy atom. The highest BCUT2D eigenvalue weighted by atomic mass is 16.7. The van der Waals surface area contributed by atoms with Crippen LogP contribution in [-0.2, 0) is 4.74 Å². The van der Waals surface area contributed by atoms with Crippen LogP contribution >= 0.6 is 0 Å². The molecule has 124 valence electrons. The van der Waals surface area contributed by atoms with Gasteiger partial charge in [-0.3, -0.25) is 0 Å². The van der Waals surface area contributed by atoms with Crippen LogP contribution in [0.1, 0.15) is 70.8 Å². The van der Waals surface area contributed by atoms with Gasteiger partial charge in [0.25, 0.3) is 0 Å². The zero-order chi connectivity index (χ0) is 15.9. The standard InChI is InChI=1S/C19H30O3/c1-5-14(2)16-11-12-18(19(13-16)20-4)22-15(3)21-17-9-7-6-8-10-17/h11-15,17H,5-10H2,1-4H3. The number of benzene rings is 1. The summed E-state index contributed by atoms with van der Waals surface area (Å²) in [5.41, 5.74) is 1.28. The lowest BCUT2D eigenvalue weighted by molar-refractivity contribution is -0.117. The smallest absolute Gasteiger partial charge is 0.197 e. The maximum atomic E-state index is 6.02. The van der Waals surface area contributed by atoms with Crippen LogP contribution in [0.25, 0.3) is 0 Å². The molecule has 0 bridgehead atoms. The van der Waals surface area contributed by atoms with Gasteiger partial charge in [0, 0.05) is 0 Å². The predicted molar refractivity (Wildman–Crippen MR) is 89.7 cm³/mol. The lowest BCUT2D eigenvalue weighted by Gasteiger charge is -2.26. The fraction of sp³-hybridized carbons (Fsp3) is 0.684. The van der Waals surface area contributed by atoms with Gasteiger partial charge in [0.15, 0.2) is 17.8 Å². The van der Waals surface area contributed by atoms with Gasteiger partial charge in [-0.25, -0.2) is 0 Å². The number of hydrogen-bond donors (Lipinski definition) is 0. The lowest BCUT2D eigenvalue weighted by Crippen LogP contribution is -2.26. The zero-order valence-corrected chi connectivity index (χ0v) is 14.4. The summed E-state index contributed by atoms with van der Waals surface area (Å²) in [7, 11) is 1.69. The van der Waals surface area contributed by atoms with E-state index in [-0.39, 0.29) is 6.29 Å². The summed E-state index contributed by atoms with van der Waals surface area (Å²) >= 11 is 0. The van der Waals surface area contributed by atoms with E-state index in [0.29, 0.717) is 12.0 Å². The average molecular weight is 306 g/mol. The minimum atomic E-state index is -0.244. The molecule has 1 aliphatic carbocycles. The number of hydrogen-bond acceptors (Lipinski definition) is 3. The van der Waals surface area contributed by atoms with Crippen molar-refractivity contribution in [3.8, 4) is 11.5 Å². The zero-order valence-electron chi connectivity index (χ0n) is 14.4. The van der Waals surface area contributed by atoms with E-state index >= 15 is 0 Å². The summed E-state index contributed by atoms with van der Waals surface area (Å²) in [5.74, 6) is 2.08. The van der Waals surface area contributed by atoms with E-state index in [2.05, 4.69) is 26.0 Å². The minimum absolute atomic E-state index is 0.244. The van der Waals surface area contributed by atoms with Gasteiger partial charge in [0.1, 0.15) is 0 Å². The Kier molecular flexibility index (Phi) is 6.56. The summed E-state index contributed by atoms with van der Waals surface area (Å²) in [5, 5.41) is 0. The number of methoxy groups -OCH3 is 1. The molecule has 2 rings (SSSR count). The molecule has 1 saturated carbocycles. The molecule has 22 heavy (non-hydrogen) atoms. The quantitative estimate of drug-likeness (QED) is 0.641. The molecule has 0 spiro atoms. The van der Waals surface area contributed by atoms with Gasteiger partial charge in [-0.2, -0.15) is 0 Å². The summed E-state index contributed by atoms with van der Waals surface area (Å²) < 4.78 is 17.5. The van der Waals surface area contributed by atoms with Gasteiger partial charge >= 0.3 is 0 Å². The van der Waals surface area contributed by atoms with Crippen molar-refractivity contribution in [2.24, 2.45) is 0 Å². The van der Waals surface area contributed by atoms with Crippen LogP contribution in [-0.4, -0.2) is 19.5 Å². The van der Waals surface area contributed by atoms with Crippen LogP contribution < -0.4 is 9.47 Å². The highest BCUT2D eigenvalue weighted by molar-refractivity contribution is 5.43. The van der Waals surface area contributed by atoms with E-state index < -0.39 is 0 Å². The third-order valence-electron chi connectivity index (χ3n) is 4.60. The highest BCUT2D eigenvalue weighted by Crippen LogP contribution is 2.33. The van der Waals surface area contributed by atoms with E-state index in [4.69, 9.17) is 14.2 Å². The summed E-state index contributed by atoms with van der Waals surface area (Å²) in [6.45, 7) is 6.39. The molecule has 3 nitrogen and oxygen atoms in total. The van der Waals surface area contributed by atoms with Crippen LogP contribution in [0.3, 0.4) is 0 Å². The van der Waals surface area contributed by atoms with Crippen molar-refractivity contribution < 1.29 is 14.2 Å². The monoisotopic (exact) mass is 306 g/mol. The van der Waals surface area contributed by atoms with E-state index in [0.717, 1.165) is 30.8 Å². The highest BCUT2D eigenvalue weighted by Gasteiger charge is 2.19. The Morgan fingerprint density at radius 1 is 1.09 bits per heavy atom.